The smallest absolute Gasteiger partial charge is 0.148 e. The molecule has 3 nitrogen and oxygen atoms in total. The van der Waals surface area contributed by atoms with Gasteiger partial charge >= 0.3 is 0 Å². The number of hydrogen-bond acceptors (Lipinski definition) is 3. The topological polar surface area (TPSA) is 47.6 Å². The summed E-state index contributed by atoms with van der Waals surface area (Å²) in [5.41, 5.74) is 0.926. The van der Waals surface area contributed by atoms with Crippen LogP contribution in [0.25, 0.3) is 0 Å². The Morgan fingerprint density at radius 3 is 2.69 bits per heavy atom. The Morgan fingerprint density at radius 2 is 2.15 bits per heavy atom. The van der Waals surface area contributed by atoms with Crippen molar-refractivity contribution in [3.05, 3.63) is 29.8 Å². The molecule has 0 saturated heterocycles. The fourth-order valence-corrected chi connectivity index (χ4v) is 0.861. The molecular weight excluding hydrogens is 164 g/mol. The van der Waals surface area contributed by atoms with Crippen LogP contribution >= 0.6 is 0 Å². The zero-order chi connectivity index (χ0) is 9.52. The summed E-state index contributed by atoms with van der Waals surface area (Å²) in [6, 6.07) is 7.33. The second kappa shape index (κ2) is 4.83. The lowest BCUT2D eigenvalue weighted by atomic mass is 10.2. The number of hydrogen-bond donors (Lipinski definition) is 1. The quantitative estimate of drug-likeness (QED) is 0.321. The summed E-state index contributed by atoms with van der Waals surface area (Å²) >= 11 is 0. The van der Waals surface area contributed by atoms with E-state index in [1.165, 1.54) is 0 Å². The summed E-state index contributed by atoms with van der Waals surface area (Å²) < 4.78 is 5.18. The van der Waals surface area contributed by atoms with Gasteiger partial charge in [0.25, 0.3) is 0 Å². The van der Waals surface area contributed by atoms with E-state index in [9.17, 15) is 0 Å². The first kappa shape index (κ1) is 9.14. The van der Waals surface area contributed by atoms with Gasteiger partial charge in [-0.15, -0.1) is 6.42 Å². The zero-order valence-corrected chi connectivity index (χ0v) is 7.10. The summed E-state index contributed by atoms with van der Waals surface area (Å²) in [7, 11) is 0. The highest BCUT2D eigenvalue weighted by atomic mass is 16.5. The van der Waals surface area contributed by atoms with Crippen molar-refractivity contribution in [2.75, 3.05) is 6.61 Å². The van der Waals surface area contributed by atoms with Gasteiger partial charge < -0.3 is 10.6 Å². The average molecular weight is 174 g/mol. The molecule has 0 aliphatic heterocycles. The molecule has 0 unspecified atom stereocenters. The second-order valence-corrected chi connectivity index (χ2v) is 2.34. The molecule has 0 amide bonds. The number of rotatable bonds is 3. The molecule has 0 radical (unpaired) electrons. The van der Waals surface area contributed by atoms with Gasteiger partial charge in [0.2, 0.25) is 0 Å². The van der Waals surface area contributed by atoms with Gasteiger partial charge in [-0.25, -0.2) is 0 Å². The van der Waals surface area contributed by atoms with Crippen molar-refractivity contribution in [3.8, 4) is 18.1 Å². The van der Waals surface area contributed by atoms with Crippen molar-refractivity contribution in [2.24, 2.45) is 10.9 Å². The summed E-state index contributed by atoms with van der Waals surface area (Å²) in [5.74, 6) is 8.12. The zero-order valence-electron chi connectivity index (χ0n) is 7.10. The van der Waals surface area contributed by atoms with Gasteiger partial charge in [0.15, 0.2) is 0 Å². The first-order chi connectivity index (χ1) is 6.36. The lowest BCUT2D eigenvalue weighted by Gasteiger charge is -2.01. The first-order valence-electron chi connectivity index (χ1n) is 3.76. The molecule has 66 valence electrons. The lowest BCUT2D eigenvalue weighted by molar-refractivity contribution is 0.370. The summed E-state index contributed by atoms with van der Waals surface area (Å²) in [6.45, 7) is 0.282. The van der Waals surface area contributed by atoms with Crippen LogP contribution in [-0.2, 0) is 0 Å². The number of benzene rings is 1. The third kappa shape index (κ3) is 2.88. The molecule has 0 aliphatic rings. The molecule has 3 heteroatoms. The van der Waals surface area contributed by atoms with Crippen LogP contribution < -0.4 is 10.6 Å². The van der Waals surface area contributed by atoms with E-state index in [2.05, 4.69) is 11.0 Å². The maximum absolute atomic E-state index is 5.18. The van der Waals surface area contributed by atoms with Crippen LogP contribution in [0.5, 0.6) is 5.75 Å². The SMILES string of the molecule is C#CCOc1ccc(C=NN)cc1. The Hall–Kier alpha value is -1.95. The van der Waals surface area contributed by atoms with E-state index in [0.717, 1.165) is 11.3 Å². The monoisotopic (exact) mass is 174 g/mol. The molecule has 13 heavy (non-hydrogen) atoms. The highest BCUT2D eigenvalue weighted by molar-refractivity contribution is 5.79. The molecule has 1 aromatic carbocycles. The van der Waals surface area contributed by atoms with Crippen molar-refractivity contribution < 1.29 is 4.74 Å². The van der Waals surface area contributed by atoms with Crippen LogP contribution in [0.15, 0.2) is 29.4 Å². The average Bonchev–Trinajstić information content (AvgIpc) is 2.17. The summed E-state index contributed by atoms with van der Waals surface area (Å²) in [6.07, 6.45) is 6.60. The highest BCUT2D eigenvalue weighted by Gasteiger charge is 1.91. The van der Waals surface area contributed by atoms with Crippen molar-refractivity contribution in [1.82, 2.24) is 0 Å². The molecule has 0 aliphatic carbocycles. The standard InChI is InChI=1S/C10H10N2O/c1-2-7-13-10-5-3-9(4-6-10)8-12-11/h1,3-6,8H,7,11H2. The Kier molecular flexibility index (Phi) is 3.40. The van der Waals surface area contributed by atoms with Crippen LogP contribution in [0.1, 0.15) is 5.56 Å². The van der Waals surface area contributed by atoms with Gasteiger partial charge in [0, 0.05) is 0 Å². The Bertz CT molecular complexity index is 322. The molecule has 1 rings (SSSR count). The minimum Gasteiger partial charge on any atom is -0.481 e. The number of nitrogens with zero attached hydrogens (tertiary/aromatic N) is 1. The minimum atomic E-state index is 0.282. The van der Waals surface area contributed by atoms with Crippen molar-refractivity contribution in [1.29, 1.82) is 0 Å². The second-order valence-electron chi connectivity index (χ2n) is 2.34. The molecule has 0 bridgehead atoms. The number of terminal acetylenes is 1. The van der Waals surface area contributed by atoms with Crippen molar-refractivity contribution >= 4 is 6.21 Å². The molecule has 0 aromatic heterocycles. The predicted molar refractivity (Wildman–Crippen MR) is 52.6 cm³/mol. The van der Waals surface area contributed by atoms with Gasteiger partial charge in [-0.3, -0.25) is 0 Å². The van der Waals surface area contributed by atoms with Gasteiger partial charge in [-0.2, -0.15) is 5.10 Å². The van der Waals surface area contributed by atoms with Gasteiger partial charge in [-0.1, -0.05) is 5.92 Å². The minimum absolute atomic E-state index is 0.282. The third-order valence-corrected chi connectivity index (χ3v) is 1.43. The Labute approximate surface area is 77.2 Å². The number of nitrogens with two attached hydrogens (primary N) is 1. The molecule has 2 N–H and O–H groups in total. The molecule has 0 spiro atoms. The molecule has 0 saturated carbocycles. The summed E-state index contributed by atoms with van der Waals surface area (Å²) in [5, 5.41) is 3.40. The van der Waals surface area contributed by atoms with Crippen LogP contribution in [0.2, 0.25) is 0 Å². The fourth-order valence-electron chi connectivity index (χ4n) is 0.861. The summed E-state index contributed by atoms with van der Waals surface area (Å²) in [4.78, 5) is 0. The van der Waals surface area contributed by atoms with Gasteiger partial charge in [-0.05, 0) is 29.8 Å². The fraction of sp³-hybridized carbons (Fsp3) is 0.100. The highest BCUT2D eigenvalue weighted by Crippen LogP contribution is 2.10. The van der Waals surface area contributed by atoms with Crippen LogP contribution in [0, 0.1) is 12.3 Å². The van der Waals surface area contributed by atoms with E-state index in [0.29, 0.717) is 0 Å². The molecule has 0 atom stereocenters. The van der Waals surface area contributed by atoms with Crippen molar-refractivity contribution in [2.45, 2.75) is 0 Å². The van der Waals surface area contributed by atoms with E-state index in [1.807, 2.05) is 24.3 Å². The van der Waals surface area contributed by atoms with Crippen molar-refractivity contribution in [3.63, 3.8) is 0 Å². The largest absolute Gasteiger partial charge is 0.481 e. The normalized spacial score (nSPS) is 9.77. The molecular formula is C10H10N2O. The van der Waals surface area contributed by atoms with Crippen LogP contribution in [0.3, 0.4) is 0 Å². The van der Waals surface area contributed by atoms with Crippen LogP contribution in [0.4, 0.5) is 0 Å². The Balaban J connectivity index is 2.65. The molecule has 0 heterocycles. The number of hydrazone groups is 1. The van der Waals surface area contributed by atoms with E-state index in [4.69, 9.17) is 17.0 Å². The molecule has 1 aromatic rings. The van der Waals surface area contributed by atoms with Gasteiger partial charge in [0.05, 0.1) is 6.21 Å². The maximum atomic E-state index is 5.18. The van der Waals surface area contributed by atoms with E-state index >= 15 is 0 Å². The van der Waals surface area contributed by atoms with Crippen LogP contribution in [-0.4, -0.2) is 12.8 Å². The lowest BCUT2D eigenvalue weighted by Crippen LogP contribution is -1.93. The van der Waals surface area contributed by atoms with Gasteiger partial charge in [0.1, 0.15) is 12.4 Å². The number of ether oxygens (including phenoxy) is 1. The predicted octanol–water partition coefficient (Wildman–Crippen LogP) is 0.991. The Morgan fingerprint density at radius 1 is 1.46 bits per heavy atom. The third-order valence-electron chi connectivity index (χ3n) is 1.43. The first-order valence-corrected chi connectivity index (χ1v) is 3.76. The maximum Gasteiger partial charge on any atom is 0.148 e. The van der Waals surface area contributed by atoms with E-state index < -0.39 is 0 Å². The van der Waals surface area contributed by atoms with E-state index in [1.54, 1.807) is 6.21 Å². The van der Waals surface area contributed by atoms with E-state index in [-0.39, 0.29) is 6.61 Å². The molecule has 0 fully saturated rings.